The van der Waals surface area contributed by atoms with E-state index in [9.17, 15) is 22.8 Å². The number of hydrogen-bond acceptors (Lipinski definition) is 6. The molecule has 0 atom stereocenters. The van der Waals surface area contributed by atoms with Gasteiger partial charge in [0.15, 0.2) is 0 Å². The Kier molecular flexibility index (Phi) is 5.29. The van der Waals surface area contributed by atoms with Crippen LogP contribution in [0.4, 0.5) is 0 Å². The summed E-state index contributed by atoms with van der Waals surface area (Å²) in [5, 5.41) is 0. The lowest BCUT2D eigenvalue weighted by molar-refractivity contribution is -0.151. The predicted octanol–water partition coefficient (Wildman–Crippen LogP) is -1.20. The second-order valence-corrected chi connectivity index (χ2v) is 7.90. The van der Waals surface area contributed by atoms with Gasteiger partial charge in [0.05, 0.1) is 17.9 Å². The second-order valence-electron chi connectivity index (χ2n) is 5.92. The van der Waals surface area contributed by atoms with Crippen molar-refractivity contribution in [3.8, 4) is 0 Å². The molecule has 0 amide bonds. The summed E-state index contributed by atoms with van der Waals surface area (Å²) in [6.07, 6.45) is 1.92. The summed E-state index contributed by atoms with van der Waals surface area (Å²) in [4.78, 5) is 35.6. The molecular formula is C14H21N3O6S. The van der Waals surface area contributed by atoms with E-state index in [-0.39, 0.29) is 25.6 Å². The fraction of sp³-hybridized carbons (Fsp3) is 0.643. The standard InChI is InChI=1S/C14H21N3O6S/c1-15-11(8-12(18)16(2)14(15)20)9-23-13(19)10-4-6-17(7-5-10)24(3,21)22/h8,10H,4-7,9H2,1-3H3. The highest BCUT2D eigenvalue weighted by Crippen LogP contribution is 2.20. The minimum absolute atomic E-state index is 0.174. The van der Waals surface area contributed by atoms with Crippen molar-refractivity contribution in [3.05, 3.63) is 32.6 Å². The van der Waals surface area contributed by atoms with Crippen LogP contribution in [0.1, 0.15) is 18.5 Å². The van der Waals surface area contributed by atoms with Crippen molar-refractivity contribution in [2.24, 2.45) is 20.0 Å². The fourth-order valence-electron chi connectivity index (χ4n) is 2.60. The van der Waals surface area contributed by atoms with Gasteiger partial charge in [-0.1, -0.05) is 0 Å². The maximum Gasteiger partial charge on any atom is 0.330 e. The lowest BCUT2D eigenvalue weighted by atomic mass is 9.98. The molecule has 1 fully saturated rings. The average molecular weight is 359 g/mol. The lowest BCUT2D eigenvalue weighted by Gasteiger charge is -2.28. The molecule has 1 aromatic heterocycles. The summed E-state index contributed by atoms with van der Waals surface area (Å²) >= 11 is 0. The van der Waals surface area contributed by atoms with Gasteiger partial charge in [-0.25, -0.2) is 17.5 Å². The van der Waals surface area contributed by atoms with Crippen molar-refractivity contribution < 1.29 is 17.9 Å². The Morgan fingerprint density at radius 1 is 1.21 bits per heavy atom. The molecule has 2 rings (SSSR count). The molecule has 0 unspecified atom stereocenters. The normalized spacial score (nSPS) is 17.0. The highest BCUT2D eigenvalue weighted by Gasteiger charge is 2.29. The van der Waals surface area contributed by atoms with Gasteiger partial charge in [-0.15, -0.1) is 0 Å². The van der Waals surface area contributed by atoms with E-state index < -0.39 is 27.2 Å². The quantitative estimate of drug-likeness (QED) is 0.625. The summed E-state index contributed by atoms with van der Waals surface area (Å²) in [7, 11) is -0.377. The Morgan fingerprint density at radius 2 is 1.79 bits per heavy atom. The van der Waals surface area contributed by atoms with E-state index in [1.165, 1.54) is 29.0 Å². The molecular weight excluding hydrogens is 338 g/mol. The topological polar surface area (TPSA) is 108 Å². The monoisotopic (exact) mass is 359 g/mol. The molecule has 10 heteroatoms. The highest BCUT2D eigenvalue weighted by molar-refractivity contribution is 7.88. The van der Waals surface area contributed by atoms with Crippen LogP contribution >= 0.6 is 0 Å². The number of aromatic nitrogens is 2. The van der Waals surface area contributed by atoms with E-state index in [0.29, 0.717) is 18.5 Å². The van der Waals surface area contributed by atoms with Crippen LogP contribution in [0.2, 0.25) is 0 Å². The maximum atomic E-state index is 12.1. The van der Waals surface area contributed by atoms with Gasteiger partial charge in [0.25, 0.3) is 5.56 Å². The van der Waals surface area contributed by atoms with E-state index in [4.69, 9.17) is 4.74 Å². The molecule has 0 bridgehead atoms. The van der Waals surface area contributed by atoms with Crippen LogP contribution in [0.15, 0.2) is 15.7 Å². The van der Waals surface area contributed by atoms with Crippen molar-refractivity contribution in [2.75, 3.05) is 19.3 Å². The van der Waals surface area contributed by atoms with Gasteiger partial charge in [0.2, 0.25) is 10.0 Å². The molecule has 0 radical (unpaired) electrons. The van der Waals surface area contributed by atoms with Crippen LogP contribution < -0.4 is 11.2 Å². The summed E-state index contributed by atoms with van der Waals surface area (Å²) < 4.78 is 31.7. The van der Waals surface area contributed by atoms with Crippen molar-refractivity contribution >= 4 is 16.0 Å². The van der Waals surface area contributed by atoms with Crippen molar-refractivity contribution in [2.45, 2.75) is 19.4 Å². The molecule has 0 N–H and O–H groups in total. The average Bonchev–Trinajstić information content (AvgIpc) is 2.54. The highest BCUT2D eigenvalue weighted by atomic mass is 32.2. The zero-order valence-electron chi connectivity index (χ0n) is 13.9. The van der Waals surface area contributed by atoms with Crippen LogP contribution in [-0.2, 0) is 40.3 Å². The van der Waals surface area contributed by atoms with E-state index in [1.54, 1.807) is 0 Å². The number of sulfonamides is 1. The number of carbonyl (C=O) groups is 1. The van der Waals surface area contributed by atoms with E-state index in [0.717, 1.165) is 10.8 Å². The number of nitrogens with zero attached hydrogens (tertiary/aromatic N) is 3. The van der Waals surface area contributed by atoms with Crippen LogP contribution in [-0.4, -0.2) is 47.2 Å². The van der Waals surface area contributed by atoms with E-state index in [2.05, 4.69) is 0 Å². The number of ether oxygens (including phenoxy) is 1. The molecule has 1 aliphatic heterocycles. The minimum atomic E-state index is -3.24. The van der Waals surface area contributed by atoms with E-state index in [1.807, 2.05) is 0 Å². The van der Waals surface area contributed by atoms with Crippen molar-refractivity contribution in [1.82, 2.24) is 13.4 Å². The van der Waals surface area contributed by atoms with Gasteiger partial charge < -0.3 is 4.74 Å². The third-order valence-electron chi connectivity index (χ3n) is 4.24. The predicted molar refractivity (Wildman–Crippen MR) is 85.9 cm³/mol. The molecule has 2 heterocycles. The summed E-state index contributed by atoms with van der Waals surface area (Å²) in [6, 6.07) is 1.25. The maximum absolute atomic E-state index is 12.1. The first-order valence-corrected chi connectivity index (χ1v) is 9.34. The Hall–Kier alpha value is -1.94. The van der Waals surface area contributed by atoms with Crippen LogP contribution in [0.5, 0.6) is 0 Å². The number of esters is 1. The zero-order chi connectivity index (χ0) is 18.1. The molecule has 1 aliphatic rings. The third kappa shape index (κ3) is 3.93. The molecule has 134 valence electrons. The molecule has 9 nitrogen and oxygen atoms in total. The van der Waals surface area contributed by atoms with Gasteiger partial charge in [-0.3, -0.25) is 18.7 Å². The third-order valence-corrected chi connectivity index (χ3v) is 5.55. The largest absolute Gasteiger partial charge is 0.459 e. The van der Waals surface area contributed by atoms with Crippen LogP contribution in [0.3, 0.4) is 0 Å². The van der Waals surface area contributed by atoms with Crippen molar-refractivity contribution in [1.29, 1.82) is 0 Å². The summed E-state index contributed by atoms with van der Waals surface area (Å²) in [6.45, 7) is 0.388. The molecule has 24 heavy (non-hydrogen) atoms. The van der Waals surface area contributed by atoms with Gasteiger partial charge >= 0.3 is 11.7 Å². The van der Waals surface area contributed by atoms with Crippen LogP contribution in [0.25, 0.3) is 0 Å². The van der Waals surface area contributed by atoms with Crippen LogP contribution in [0, 0.1) is 5.92 Å². The Bertz CT molecular complexity index is 846. The van der Waals surface area contributed by atoms with Gasteiger partial charge in [-0.2, -0.15) is 0 Å². The number of carbonyl (C=O) groups excluding carboxylic acids is 1. The fourth-order valence-corrected chi connectivity index (χ4v) is 3.48. The number of piperidine rings is 1. The lowest BCUT2D eigenvalue weighted by Crippen LogP contribution is -2.40. The molecule has 0 aromatic carbocycles. The second kappa shape index (κ2) is 6.89. The Morgan fingerprint density at radius 3 is 2.33 bits per heavy atom. The van der Waals surface area contributed by atoms with Crippen molar-refractivity contribution in [3.63, 3.8) is 0 Å². The molecule has 1 aromatic rings. The molecule has 0 spiro atoms. The first-order chi connectivity index (χ1) is 11.1. The number of rotatable bonds is 4. The Labute approximate surface area is 139 Å². The van der Waals surface area contributed by atoms with Gasteiger partial charge in [0, 0.05) is 33.3 Å². The first kappa shape index (κ1) is 18.4. The smallest absolute Gasteiger partial charge is 0.330 e. The first-order valence-electron chi connectivity index (χ1n) is 7.49. The van der Waals surface area contributed by atoms with Gasteiger partial charge in [-0.05, 0) is 12.8 Å². The molecule has 1 saturated heterocycles. The van der Waals surface area contributed by atoms with E-state index >= 15 is 0 Å². The van der Waals surface area contributed by atoms with Gasteiger partial charge in [0.1, 0.15) is 6.61 Å². The molecule has 0 aliphatic carbocycles. The Balaban J connectivity index is 1.98. The molecule has 0 saturated carbocycles. The number of hydrogen-bond donors (Lipinski definition) is 0. The summed E-state index contributed by atoms with van der Waals surface area (Å²) in [5.74, 6) is -0.831. The minimum Gasteiger partial charge on any atom is -0.459 e. The SMILES string of the molecule is Cn1c(COC(=O)C2CCN(S(C)(=O)=O)CC2)cc(=O)n(C)c1=O. The zero-order valence-corrected chi connectivity index (χ0v) is 14.7. The summed E-state index contributed by atoms with van der Waals surface area (Å²) in [5.41, 5.74) is -0.648.